The molecular formula is C12H16F3NO2S. The molecule has 0 heterocycles. The average Bonchev–Trinajstić information content (AvgIpc) is 2.27. The van der Waals surface area contributed by atoms with E-state index in [2.05, 4.69) is 9.46 Å². The number of alkyl halides is 3. The minimum atomic E-state index is -4.69. The molecule has 108 valence electrons. The summed E-state index contributed by atoms with van der Waals surface area (Å²) >= 11 is -1.18. The van der Waals surface area contributed by atoms with E-state index in [1.165, 1.54) is 24.3 Å². The Labute approximate surface area is 113 Å². The normalized spacial score (nSPS) is 15.4. The molecule has 1 unspecified atom stereocenters. The predicted molar refractivity (Wildman–Crippen MR) is 68.0 cm³/mol. The van der Waals surface area contributed by atoms with Crippen LogP contribution in [0.5, 0.6) is 5.75 Å². The topological polar surface area (TPSA) is 44.3 Å². The highest BCUT2D eigenvalue weighted by Crippen LogP contribution is 2.24. The van der Waals surface area contributed by atoms with Gasteiger partial charge in [0.2, 0.25) is 0 Å². The molecule has 0 saturated heterocycles. The maximum atomic E-state index is 12.0. The van der Waals surface area contributed by atoms with Crippen molar-refractivity contribution in [3.63, 3.8) is 0 Å². The van der Waals surface area contributed by atoms with Gasteiger partial charge in [-0.1, -0.05) is 12.1 Å². The van der Waals surface area contributed by atoms with Crippen LogP contribution in [0.1, 0.15) is 32.4 Å². The maximum Gasteiger partial charge on any atom is 0.573 e. The summed E-state index contributed by atoms with van der Waals surface area (Å²) in [6.45, 7) is 5.42. The molecule has 3 nitrogen and oxygen atoms in total. The van der Waals surface area contributed by atoms with Gasteiger partial charge in [0.1, 0.15) is 11.0 Å². The third kappa shape index (κ3) is 5.71. The second kappa shape index (κ2) is 6.49. The number of hydrogen-bond acceptors (Lipinski definition) is 3. The fourth-order valence-electron chi connectivity index (χ4n) is 1.34. The molecular weight excluding hydrogens is 279 g/mol. The van der Waals surface area contributed by atoms with Crippen LogP contribution in [0, 0.1) is 0 Å². The highest BCUT2D eigenvalue weighted by atomic mass is 32.2. The summed E-state index contributed by atoms with van der Waals surface area (Å²) in [4.78, 5) is 0. The van der Waals surface area contributed by atoms with Crippen molar-refractivity contribution < 1.29 is 22.5 Å². The summed E-state index contributed by atoms with van der Waals surface area (Å²) in [6, 6.07) is 5.27. The molecule has 0 amide bonds. The van der Waals surface area contributed by atoms with Gasteiger partial charge < -0.3 is 9.29 Å². The van der Waals surface area contributed by atoms with Crippen LogP contribution in [-0.4, -0.2) is 16.2 Å². The first kappa shape index (κ1) is 16.1. The van der Waals surface area contributed by atoms with Gasteiger partial charge in [0, 0.05) is 11.4 Å². The smallest absolute Gasteiger partial charge is 0.573 e. The first-order valence-corrected chi connectivity index (χ1v) is 6.93. The van der Waals surface area contributed by atoms with E-state index in [9.17, 15) is 17.7 Å². The molecule has 0 aliphatic carbocycles. The second-order valence-corrected chi connectivity index (χ2v) is 6.08. The van der Waals surface area contributed by atoms with Gasteiger partial charge in [-0.25, -0.2) is 0 Å². The van der Waals surface area contributed by atoms with Gasteiger partial charge in [0.25, 0.3) is 0 Å². The Hall–Kier alpha value is -0.920. The molecule has 0 aromatic heterocycles. The lowest BCUT2D eigenvalue weighted by Crippen LogP contribution is -2.32. The Bertz CT molecular complexity index is 395. The van der Waals surface area contributed by atoms with Crippen LogP contribution in [0.25, 0.3) is 0 Å². The van der Waals surface area contributed by atoms with Gasteiger partial charge in [-0.15, -0.1) is 17.9 Å². The third-order valence-electron chi connectivity index (χ3n) is 2.33. The Balaban J connectivity index is 2.65. The number of rotatable bonds is 5. The molecule has 1 rings (SSSR count). The van der Waals surface area contributed by atoms with Crippen LogP contribution >= 0.6 is 0 Å². The molecule has 1 N–H and O–H groups in total. The Morgan fingerprint density at radius 2 is 1.68 bits per heavy atom. The molecule has 0 spiro atoms. The van der Waals surface area contributed by atoms with Crippen LogP contribution in [0.15, 0.2) is 24.3 Å². The highest BCUT2D eigenvalue weighted by Gasteiger charge is 2.31. The molecule has 0 fully saturated rings. The zero-order valence-electron chi connectivity index (χ0n) is 10.8. The van der Waals surface area contributed by atoms with Crippen LogP contribution in [-0.2, 0) is 11.4 Å². The monoisotopic (exact) mass is 295 g/mol. The van der Waals surface area contributed by atoms with Crippen molar-refractivity contribution in [3.05, 3.63) is 29.8 Å². The number of hydrogen-bond donors (Lipinski definition) is 1. The largest absolute Gasteiger partial charge is 0.598 e. The van der Waals surface area contributed by atoms with E-state index in [1.54, 1.807) is 6.92 Å². The number of benzene rings is 1. The molecule has 0 bridgehead atoms. The highest BCUT2D eigenvalue weighted by molar-refractivity contribution is 7.90. The lowest BCUT2D eigenvalue weighted by atomic mass is 10.1. The van der Waals surface area contributed by atoms with Gasteiger partial charge in [-0.05, 0) is 38.5 Å². The standard InChI is InChI=1S/C12H16F3NO2S/c1-8(2)19(17)16-9(3)10-4-6-11(7-5-10)18-12(13,14)15/h4-9,16H,1-3H3/t9-,19?/m1/s1. The third-order valence-corrected chi connectivity index (χ3v) is 3.78. The van der Waals surface area contributed by atoms with Gasteiger partial charge in [-0.3, -0.25) is 0 Å². The van der Waals surface area contributed by atoms with E-state index < -0.39 is 17.7 Å². The SMILES string of the molecule is CC(C)[S+]([O-])N[C@H](C)c1ccc(OC(F)(F)F)cc1. The molecule has 2 atom stereocenters. The summed E-state index contributed by atoms with van der Waals surface area (Å²) in [5.41, 5.74) is 0.739. The van der Waals surface area contributed by atoms with E-state index in [-0.39, 0.29) is 17.0 Å². The van der Waals surface area contributed by atoms with Crippen molar-refractivity contribution in [1.29, 1.82) is 0 Å². The zero-order chi connectivity index (χ0) is 14.6. The average molecular weight is 295 g/mol. The summed E-state index contributed by atoms with van der Waals surface area (Å²) in [5.74, 6) is -0.270. The lowest BCUT2D eigenvalue weighted by molar-refractivity contribution is -0.274. The van der Waals surface area contributed by atoms with Crippen LogP contribution in [0.4, 0.5) is 13.2 Å². The van der Waals surface area contributed by atoms with E-state index in [0.29, 0.717) is 0 Å². The summed E-state index contributed by atoms with van der Waals surface area (Å²) < 4.78 is 54.2. The number of halogens is 3. The van der Waals surface area contributed by atoms with Gasteiger partial charge in [-0.2, -0.15) is 0 Å². The van der Waals surface area contributed by atoms with Crippen LogP contribution in [0.3, 0.4) is 0 Å². The lowest BCUT2D eigenvalue weighted by Gasteiger charge is -2.19. The molecule has 0 radical (unpaired) electrons. The fourth-order valence-corrected chi connectivity index (χ4v) is 2.09. The maximum absolute atomic E-state index is 12.0. The minimum Gasteiger partial charge on any atom is -0.598 e. The van der Waals surface area contributed by atoms with E-state index in [4.69, 9.17) is 0 Å². The molecule has 0 saturated carbocycles. The van der Waals surface area contributed by atoms with Crippen molar-refractivity contribution in [2.75, 3.05) is 0 Å². The Morgan fingerprint density at radius 3 is 2.11 bits per heavy atom. The van der Waals surface area contributed by atoms with Crippen molar-refractivity contribution in [2.24, 2.45) is 0 Å². The Morgan fingerprint density at radius 1 is 1.16 bits per heavy atom. The van der Waals surface area contributed by atoms with E-state index in [0.717, 1.165) is 5.56 Å². The number of nitrogens with one attached hydrogen (secondary N) is 1. The zero-order valence-corrected chi connectivity index (χ0v) is 11.6. The summed E-state index contributed by atoms with van der Waals surface area (Å²) in [5, 5.41) is -0.0321. The minimum absolute atomic E-state index is 0.0321. The van der Waals surface area contributed by atoms with Crippen molar-refractivity contribution in [1.82, 2.24) is 4.72 Å². The van der Waals surface area contributed by atoms with E-state index in [1.807, 2.05) is 13.8 Å². The molecule has 1 aromatic carbocycles. The molecule has 0 aliphatic rings. The quantitative estimate of drug-likeness (QED) is 0.848. The fraction of sp³-hybridized carbons (Fsp3) is 0.500. The molecule has 1 aromatic rings. The van der Waals surface area contributed by atoms with Crippen molar-refractivity contribution in [3.8, 4) is 5.75 Å². The second-order valence-electron chi connectivity index (χ2n) is 4.30. The van der Waals surface area contributed by atoms with Gasteiger partial charge >= 0.3 is 6.36 Å². The summed E-state index contributed by atoms with van der Waals surface area (Å²) in [6.07, 6.45) is -4.69. The summed E-state index contributed by atoms with van der Waals surface area (Å²) in [7, 11) is 0. The van der Waals surface area contributed by atoms with E-state index >= 15 is 0 Å². The Kier molecular flexibility index (Phi) is 5.51. The van der Waals surface area contributed by atoms with Gasteiger partial charge in [0.05, 0.1) is 6.04 Å². The number of ether oxygens (including phenoxy) is 1. The predicted octanol–water partition coefficient (Wildman–Crippen LogP) is 3.31. The van der Waals surface area contributed by atoms with Crippen molar-refractivity contribution in [2.45, 2.75) is 38.4 Å². The first-order chi connectivity index (χ1) is 8.69. The van der Waals surface area contributed by atoms with Gasteiger partial charge in [0.15, 0.2) is 0 Å². The molecule has 19 heavy (non-hydrogen) atoms. The van der Waals surface area contributed by atoms with Crippen LogP contribution < -0.4 is 9.46 Å². The first-order valence-electron chi connectivity index (χ1n) is 5.71. The molecule has 7 heteroatoms. The van der Waals surface area contributed by atoms with Crippen molar-refractivity contribution >= 4 is 11.4 Å². The molecule has 0 aliphatic heterocycles. The van der Waals surface area contributed by atoms with Crippen LogP contribution in [0.2, 0.25) is 0 Å².